The first-order valence-electron chi connectivity index (χ1n) is 5.13. The van der Waals surface area contributed by atoms with Crippen LogP contribution in [-0.2, 0) is 0 Å². The zero-order chi connectivity index (χ0) is 12.4. The van der Waals surface area contributed by atoms with E-state index in [9.17, 15) is 0 Å². The third-order valence-electron chi connectivity index (χ3n) is 2.39. The topological polar surface area (TPSA) is 38.0 Å². The minimum absolute atomic E-state index is 0.215. The molecular formula is C12H12BrClN2S. The number of nitrogens with one attached hydrogen (secondary N) is 1. The molecule has 0 saturated carbocycles. The van der Waals surface area contributed by atoms with E-state index in [-0.39, 0.29) is 6.04 Å². The first-order chi connectivity index (χ1) is 8.06. The Kier molecular flexibility index (Phi) is 3.97. The van der Waals surface area contributed by atoms with E-state index in [0.717, 1.165) is 20.2 Å². The van der Waals surface area contributed by atoms with E-state index >= 15 is 0 Å². The van der Waals surface area contributed by atoms with Gasteiger partial charge in [-0.2, -0.15) is 0 Å². The van der Waals surface area contributed by atoms with E-state index in [2.05, 4.69) is 28.2 Å². The fourth-order valence-corrected chi connectivity index (χ4v) is 3.09. The monoisotopic (exact) mass is 330 g/mol. The molecule has 3 N–H and O–H groups in total. The number of nitrogen functional groups attached to an aromatic ring is 1. The summed E-state index contributed by atoms with van der Waals surface area (Å²) < 4.78 is 1.78. The largest absolute Gasteiger partial charge is 0.399 e. The van der Waals surface area contributed by atoms with Crippen molar-refractivity contribution in [3.8, 4) is 0 Å². The number of hydrogen-bond donors (Lipinski definition) is 2. The summed E-state index contributed by atoms with van der Waals surface area (Å²) in [5.74, 6) is 0. The van der Waals surface area contributed by atoms with E-state index in [1.165, 1.54) is 4.88 Å². The smallest absolute Gasteiger partial charge is 0.0932 e. The molecule has 0 radical (unpaired) electrons. The normalized spacial score (nSPS) is 12.4. The first kappa shape index (κ1) is 12.7. The van der Waals surface area contributed by atoms with Crippen LogP contribution < -0.4 is 11.1 Å². The van der Waals surface area contributed by atoms with Crippen LogP contribution in [0.5, 0.6) is 0 Å². The molecule has 0 aliphatic heterocycles. The third-order valence-corrected chi connectivity index (χ3v) is 4.46. The molecule has 1 atom stereocenters. The second-order valence-corrected chi connectivity index (χ2v) is 6.35. The van der Waals surface area contributed by atoms with Crippen molar-refractivity contribution in [2.75, 3.05) is 11.1 Å². The summed E-state index contributed by atoms with van der Waals surface area (Å²) in [4.78, 5) is 1.21. The quantitative estimate of drug-likeness (QED) is 0.783. The zero-order valence-electron chi connectivity index (χ0n) is 9.21. The standard InChI is InChI=1S/C12H12BrClN2S/c1-7(11-4-5-12(14)17-11)16-10-3-2-8(15)6-9(10)13/h2-7,16H,15H2,1H3. The van der Waals surface area contributed by atoms with E-state index in [1.54, 1.807) is 11.3 Å². The maximum absolute atomic E-state index is 5.92. The van der Waals surface area contributed by atoms with E-state index in [1.807, 2.05) is 30.3 Å². The van der Waals surface area contributed by atoms with Crippen LogP contribution in [0.3, 0.4) is 0 Å². The summed E-state index contributed by atoms with van der Waals surface area (Å²) in [6, 6.07) is 9.89. The molecule has 1 aromatic heterocycles. The van der Waals surface area contributed by atoms with Gasteiger partial charge in [0.1, 0.15) is 0 Å². The molecule has 0 aliphatic carbocycles. The van der Waals surface area contributed by atoms with Crippen molar-refractivity contribution >= 4 is 50.2 Å². The number of nitrogens with two attached hydrogens (primary N) is 1. The van der Waals surface area contributed by atoms with Gasteiger partial charge in [0.2, 0.25) is 0 Å². The van der Waals surface area contributed by atoms with Crippen molar-refractivity contribution in [1.82, 2.24) is 0 Å². The molecular weight excluding hydrogens is 320 g/mol. The highest BCUT2D eigenvalue weighted by Gasteiger charge is 2.09. The molecule has 1 heterocycles. The summed E-state index contributed by atoms with van der Waals surface area (Å²) in [5, 5.41) is 3.42. The van der Waals surface area contributed by atoms with Crippen molar-refractivity contribution in [1.29, 1.82) is 0 Å². The van der Waals surface area contributed by atoms with Crippen LogP contribution in [0, 0.1) is 0 Å². The lowest BCUT2D eigenvalue weighted by Crippen LogP contribution is -2.05. The highest BCUT2D eigenvalue weighted by molar-refractivity contribution is 9.10. The molecule has 0 spiro atoms. The van der Waals surface area contributed by atoms with Crippen LogP contribution in [0.25, 0.3) is 0 Å². The van der Waals surface area contributed by atoms with Gasteiger partial charge < -0.3 is 11.1 Å². The number of hydrogen-bond acceptors (Lipinski definition) is 3. The number of rotatable bonds is 3. The molecule has 1 unspecified atom stereocenters. The van der Waals surface area contributed by atoms with Gasteiger partial charge in [-0.3, -0.25) is 0 Å². The van der Waals surface area contributed by atoms with Crippen LogP contribution in [0.2, 0.25) is 4.34 Å². The molecule has 1 aromatic carbocycles. The molecule has 2 rings (SSSR count). The maximum atomic E-state index is 5.92. The Morgan fingerprint density at radius 2 is 2.12 bits per heavy atom. The van der Waals surface area contributed by atoms with E-state index in [4.69, 9.17) is 17.3 Å². The molecule has 0 saturated heterocycles. The van der Waals surface area contributed by atoms with Gasteiger partial charge in [0.05, 0.1) is 10.4 Å². The Morgan fingerprint density at radius 3 is 2.71 bits per heavy atom. The first-order valence-corrected chi connectivity index (χ1v) is 7.12. The van der Waals surface area contributed by atoms with Gasteiger partial charge in [-0.25, -0.2) is 0 Å². The Hall–Kier alpha value is -0.710. The molecule has 0 bridgehead atoms. The van der Waals surface area contributed by atoms with Gasteiger partial charge in [0.15, 0.2) is 0 Å². The summed E-state index contributed by atoms with van der Waals surface area (Å²) in [6.07, 6.45) is 0. The lowest BCUT2D eigenvalue weighted by molar-refractivity contribution is 0.907. The number of thiophene rings is 1. The minimum atomic E-state index is 0.215. The lowest BCUT2D eigenvalue weighted by Gasteiger charge is -2.15. The van der Waals surface area contributed by atoms with Crippen molar-refractivity contribution in [3.05, 3.63) is 44.0 Å². The fourth-order valence-electron chi connectivity index (χ4n) is 1.51. The summed E-state index contributed by atoms with van der Waals surface area (Å²) in [6.45, 7) is 2.10. The maximum Gasteiger partial charge on any atom is 0.0932 e. The summed E-state index contributed by atoms with van der Waals surface area (Å²) >= 11 is 11.0. The summed E-state index contributed by atoms with van der Waals surface area (Å²) in [7, 11) is 0. The van der Waals surface area contributed by atoms with Gasteiger partial charge in [-0.15, -0.1) is 11.3 Å². The Balaban J connectivity index is 2.15. The molecule has 90 valence electrons. The lowest BCUT2D eigenvalue weighted by atomic mass is 10.2. The zero-order valence-corrected chi connectivity index (χ0v) is 12.4. The average Bonchev–Trinajstić information content (AvgIpc) is 2.69. The predicted octanol–water partition coefficient (Wildman–Crippen LogP) is 4.92. The number of anilines is 2. The Labute approximate surface area is 118 Å². The van der Waals surface area contributed by atoms with Crippen molar-refractivity contribution in [3.63, 3.8) is 0 Å². The highest BCUT2D eigenvalue weighted by Crippen LogP contribution is 2.32. The molecule has 2 aromatic rings. The number of benzene rings is 1. The van der Waals surface area contributed by atoms with Crippen molar-refractivity contribution in [2.45, 2.75) is 13.0 Å². The SMILES string of the molecule is CC(Nc1ccc(N)cc1Br)c1ccc(Cl)s1. The summed E-state index contributed by atoms with van der Waals surface area (Å²) in [5.41, 5.74) is 7.47. The van der Waals surface area contributed by atoms with Crippen LogP contribution in [0.15, 0.2) is 34.8 Å². The van der Waals surface area contributed by atoms with Gasteiger partial charge in [-0.1, -0.05) is 11.6 Å². The molecule has 0 aliphatic rings. The second kappa shape index (κ2) is 5.29. The van der Waals surface area contributed by atoms with Gasteiger partial charge in [0.25, 0.3) is 0 Å². The predicted molar refractivity (Wildman–Crippen MR) is 79.9 cm³/mol. The van der Waals surface area contributed by atoms with Crippen LogP contribution >= 0.6 is 38.9 Å². The Bertz CT molecular complexity index is 527. The van der Waals surface area contributed by atoms with Crippen molar-refractivity contribution < 1.29 is 0 Å². The third kappa shape index (κ3) is 3.15. The van der Waals surface area contributed by atoms with Gasteiger partial charge in [-0.05, 0) is 53.2 Å². The molecule has 0 amide bonds. The van der Waals surface area contributed by atoms with Crippen LogP contribution in [-0.4, -0.2) is 0 Å². The molecule has 2 nitrogen and oxygen atoms in total. The van der Waals surface area contributed by atoms with Crippen molar-refractivity contribution in [2.24, 2.45) is 0 Å². The molecule has 17 heavy (non-hydrogen) atoms. The Morgan fingerprint density at radius 1 is 1.35 bits per heavy atom. The molecule has 5 heteroatoms. The van der Waals surface area contributed by atoms with E-state index < -0.39 is 0 Å². The minimum Gasteiger partial charge on any atom is -0.399 e. The molecule has 0 fully saturated rings. The van der Waals surface area contributed by atoms with Crippen LogP contribution in [0.1, 0.15) is 17.8 Å². The van der Waals surface area contributed by atoms with Crippen LogP contribution in [0.4, 0.5) is 11.4 Å². The number of halogens is 2. The van der Waals surface area contributed by atoms with Gasteiger partial charge in [0, 0.05) is 20.7 Å². The van der Waals surface area contributed by atoms with Gasteiger partial charge >= 0.3 is 0 Å². The second-order valence-electron chi connectivity index (χ2n) is 3.75. The average molecular weight is 332 g/mol. The highest BCUT2D eigenvalue weighted by atomic mass is 79.9. The fraction of sp³-hybridized carbons (Fsp3) is 0.167. The van der Waals surface area contributed by atoms with E-state index in [0.29, 0.717) is 0 Å².